The number of phenolic OH excluding ortho intramolecular Hbond substituents is 1. The maximum atomic E-state index is 11.5. The van der Waals surface area contributed by atoms with Gasteiger partial charge in [-0.3, -0.25) is 19.6 Å². The maximum absolute atomic E-state index is 11.5. The quantitative estimate of drug-likeness (QED) is 0.145. The molecule has 9 heteroatoms. The molecule has 1 aliphatic heterocycles. The van der Waals surface area contributed by atoms with Crippen molar-refractivity contribution in [3.63, 3.8) is 0 Å². The number of aromatic hydroxyl groups is 1. The molecule has 0 unspecified atom stereocenters. The molecule has 2 aromatic heterocycles. The molecule has 400 valence electrons. The minimum Gasteiger partial charge on any atom is -0.507 e. The Morgan fingerprint density at radius 3 is 1.47 bits per heavy atom. The van der Waals surface area contributed by atoms with Crippen LogP contribution in [0, 0.1) is 33.5 Å². The Morgan fingerprint density at radius 2 is 0.987 bits per heavy atom. The van der Waals surface area contributed by atoms with Gasteiger partial charge in [-0.25, -0.2) is 0 Å². The summed E-state index contributed by atoms with van der Waals surface area (Å²) in [6.45, 7) is 33.4. The Kier molecular flexibility index (Phi) is 17.2. The summed E-state index contributed by atoms with van der Waals surface area (Å²) < 4.78 is 6.59. The van der Waals surface area contributed by atoms with Crippen molar-refractivity contribution < 1.29 is 19.4 Å². The van der Waals surface area contributed by atoms with Gasteiger partial charge in [-0.15, -0.1) is 0 Å². The number of aromatic nitrogens is 2. The van der Waals surface area contributed by atoms with Crippen LogP contribution in [0.15, 0.2) is 97.3 Å². The third-order valence-electron chi connectivity index (χ3n) is 13.5. The molecule has 0 atom stereocenters. The zero-order valence-electron chi connectivity index (χ0n) is 47.6. The number of benzene rings is 6. The van der Waals surface area contributed by atoms with E-state index in [1.54, 1.807) is 12.3 Å². The molecule has 0 amide bonds. The molecule has 6 nitrogen and oxygen atoms in total. The summed E-state index contributed by atoms with van der Waals surface area (Å²) in [6, 6.07) is 29.2. The molecule has 0 saturated carbocycles. The highest BCUT2D eigenvalue weighted by atomic mass is 35.5. The van der Waals surface area contributed by atoms with Gasteiger partial charge in [-0.1, -0.05) is 182 Å². The fourth-order valence-electron chi connectivity index (χ4n) is 9.87. The number of carbonyl (C=O) groups excluding carboxylic acids is 2. The number of hydrogen-bond donors (Lipinski definition) is 1. The Hall–Kier alpha value is -5.53. The van der Waals surface area contributed by atoms with E-state index in [-0.39, 0.29) is 34.6 Å². The first kappa shape index (κ1) is 58.2. The van der Waals surface area contributed by atoms with Gasteiger partial charge in [0.15, 0.2) is 0 Å². The highest BCUT2D eigenvalue weighted by Crippen LogP contribution is 2.51. The van der Waals surface area contributed by atoms with Crippen LogP contribution in [-0.4, -0.2) is 26.6 Å². The van der Waals surface area contributed by atoms with E-state index in [9.17, 15) is 14.7 Å². The van der Waals surface area contributed by atoms with Crippen LogP contribution in [0.1, 0.15) is 139 Å². The van der Waals surface area contributed by atoms with Gasteiger partial charge in [0.1, 0.15) is 28.8 Å². The Morgan fingerprint density at radius 1 is 0.539 bits per heavy atom. The van der Waals surface area contributed by atoms with Gasteiger partial charge >= 0.3 is 0 Å². The number of rotatable bonds is 9. The Balaban J connectivity index is 0.000000181. The van der Waals surface area contributed by atoms with Crippen molar-refractivity contribution in [3.05, 3.63) is 135 Å². The van der Waals surface area contributed by atoms with E-state index in [1.165, 1.54) is 27.5 Å². The second-order valence-electron chi connectivity index (χ2n) is 26.2. The molecule has 0 fully saturated rings. The van der Waals surface area contributed by atoms with Gasteiger partial charge in [0, 0.05) is 67.0 Å². The van der Waals surface area contributed by atoms with Crippen LogP contribution in [0.4, 0.5) is 0 Å². The monoisotopic (exact) mass is 1080 g/mol. The summed E-state index contributed by atoms with van der Waals surface area (Å²) in [5.41, 5.74) is 7.63. The van der Waals surface area contributed by atoms with Crippen molar-refractivity contribution in [2.75, 3.05) is 0 Å². The van der Waals surface area contributed by atoms with Crippen LogP contribution in [0.3, 0.4) is 0 Å². The van der Waals surface area contributed by atoms with Crippen molar-refractivity contribution in [2.45, 2.75) is 143 Å². The van der Waals surface area contributed by atoms with Crippen molar-refractivity contribution >= 4 is 89.5 Å². The van der Waals surface area contributed by atoms with Crippen LogP contribution < -0.4 is 4.74 Å². The zero-order chi connectivity index (χ0) is 56.0. The molecule has 0 spiro atoms. The summed E-state index contributed by atoms with van der Waals surface area (Å²) in [4.78, 5) is 32.5. The molecule has 0 aliphatic carbocycles. The van der Waals surface area contributed by atoms with E-state index in [4.69, 9.17) is 44.5 Å². The zero-order valence-corrected chi connectivity index (χ0v) is 49.9. The normalized spacial score (nSPS) is 12.6. The molecular formula is C67H77Cl3N2O4. The summed E-state index contributed by atoms with van der Waals surface area (Å²) in [7, 11) is 0. The molecule has 1 N–H and O–H groups in total. The van der Waals surface area contributed by atoms with E-state index in [2.05, 4.69) is 117 Å². The van der Waals surface area contributed by atoms with Crippen molar-refractivity contribution in [1.29, 1.82) is 0 Å². The van der Waals surface area contributed by atoms with Crippen molar-refractivity contribution in [3.8, 4) is 39.8 Å². The van der Waals surface area contributed by atoms with Crippen LogP contribution in [0.5, 0.6) is 17.2 Å². The summed E-state index contributed by atoms with van der Waals surface area (Å²) in [5.74, 6) is 3.23. The lowest BCUT2D eigenvalue weighted by Crippen LogP contribution is -2.28. The minimum absolute atomic E-state index is 0.0109. The van der Waals surface area contributed by atoms with Crippen LogP contribution in [0.25, 0.3) is 65.6 Å². The standard InChI is InChI=1S/C28H29Cl2NO.C28H28ClNO.C11H20O2/c1-16(2)10-17-6-7-21-19(11-17)13-22(27(32)23(21)15-28(3,4)5)26-25-18(8-9-31-26)12-20(29)14-24(25)30;1-16(2)10-17-6-7-21-19(11-17)13-22-26-25-18(8-9-30-26)12-20(29)14-24(25)31-27(22)23(21)15-28(3,4)5;1-10(2,3)8(12)7-9(13)11(4,5)6/h6-9,11-14,16,32H,10,15H2,1-5H3;6-9,11-14,16H,10,15H2,1-5H3;7H2,1-6H3. The number of fused-ring (bicyclic) bond motifs is 5. The second kappa shape index (κ2) is 22.4. The molecule has 0 radical (unpaired) electrons. The first-order valence-corrected chi connectivity index (χ1v) is 27.8. The number of ketones is 2. The summed E-state index contributed by atoms with van der Waals surface area (Å²) in [6.07, 6.45) is 7.43. The predicted octanol–water partition coefficient (Wildman–Crippen LogP) is 20.1. The van der Waals surface area contributed by atoms with E-state index in [0.717, 1.165) is 86.3 Å². The van der Waals surface area contributed by atoms with E-state index in [1.807, 2.05) is 84.1 Å². The number of Topliss-reactive ketones (excluding diaryl/α,β-unsaturated/α-hetero) is 2. The number of phenols is 1. The molecule has 6 aromatic carbocycles. The highest BCUT2D eigenvalue weighted by molar-refractivity contribution is 6.39. The number of nitrogens with zero attached hydrogens (tertiary/aromatic N) is 2. The number of hydrogen-bond acceptors (Lipinski definition) is 6. The third kappa shape index (κ3) is 13.8. The SMILES string of the molecule is CC(C)(C)C(=O)CC(=O)C(C)(C)C.CC(C)Cc1ccc2c(CC(C)(C)C)c(O)c(-c3nccc4cc(Cl)cc(Cl)c34)cc2c1.CC(C)Cc1ccc2c(CC(C)(C)C)c3c(cc2c1)-c1nccc2cc(Cl)cc(c12)O3. The average molecular weight is 1080 g/mol. The number of pyridine rings is 2. The summed E-state index contributed by atoms with van der Waals surface area (Å²) in [5, 5.41) is 21.8. The van der Waals surface area contributed by atoms with E-state index >= 15 is 0 Å². The molecule has 1 aliphatic rings. The topological polar surface area (TPSA) is 89.4 Å². The fraction of sp³-hybridized carbons (Fsp3) is 0.403. The van der Waals surface area contributed by atoms with Gasteiger partial charge in [0.2, 0.25) is 0 Å². The molecule has 0 saturated heterocycles. The van der Waals surface area contributed by atoms with E-state index < -0.39 is 10.8 Å². The van der Waals surface area contributed by atoms with Gasteiger partial charge in [0.05, 0.1) is 28.2 Å². The van der Waals surface area contributed by atoms with Gasteiger partial charge in [0.25, 0.3) is 0 Å². The Bertz CT molecular complexity index is 3490. The predicted molar refractivity (Wildman–Crippen MR) is 323 cm³/mol. The minimum atomic E-state index is -0.402. The van der Waals surface area contributed by atoms with E-state index in [0.29, 0.717) is 38.2 Å². The van der Waals surface area contributed by atoms with Crippen LogP contribution in [0.2, 0.25) is 15.1 Å². The van der Waals surface area contributed by atoms with Gasteiger partial charge in [-0.05, 0) is 134 Å². The summed E-state index contributed by atoms with van der Waals surface area (Å²) >= 11 is 19.3. The lowest BCUT2D eigenvalue weighted by atomic mass is 9.82. The smallest absolute Gasteiger partial charge is 0.145 e. The number of ether oxygens (including phenoxy) is 1. The molecule has 0 bridgehead atoms. The van der Waals surface area contributed by atoms with Crippen LogP contribution in [-0.2, 0) is 35.3 Å². The van der Waals surface area contributed by atoms with Gasteiger partial charge < -0.3 is 9.84 Å². The molecule has 9 rings (SSSR count). The maximum Gasteiger partial charge on any atom is 0.145 e. The number of carbonyl (C=O) groups is 2. The largest absolute Gasteiger partial charge is 0.507 e. The van der Waals surface area contributed by atoms with Gasteiger partial charge in [-0.2, -0.15) is 0 Å². The Labute approximate surface area is 466 Å². The molecule has 8 aromatic rings. The van der Waals surface area contributed by atoms with Crippen molar-refractivity contribution in [1.82, 2.24) is 9.97 Å². The molecule has 76 heavy (non-hydrogen) atoms. The number of halogens is 3. The lowest BCUT2D eigenvalue weighted by Gasteiger charge is -2.27. The second-order valence-corrected chi connectivity index (χ2v) is 27.5. The third-order valence-corrected chi connectivity index (χ3v) is 14.3. The first-order valence-electron chi connectivity index (χ1n) is 26.7. The molecule has 3 heterocycles. The highest BCUT2D eigenvalue weighted by Gasteiger charge is 2.31. The average Bonchev–Trinajstić information content (AvgIpc) is 3.32. The van der Waals surface area contributed by atoms with Crippen LogP contribution >= 0.6 is 34.8 Å². The molecular weight excluding hydrogens is 1000 g/mol. The fourth-order valence-corrected chi connectivity index (χ4v) is 10.7. The van der Waals surface area contributed by atoms with Crippen molar-refractivity contribution in [2.24, 2.45) is 33.5 Å². The first-order chi connectivity index (χ1) is 35.3. The lowest BCUT2D eigenvalue weighted by molar-refractivity contribution is -0.135.